The lowest BCUT2D eigenvalue weighted by atomic mass is 10.3. The third-order valence-corrected chi connectivity index (χ3v) is 1.60. The molecular weight excluding hydrogens is 196 g/mol. The molecule has 0 unspecified atom stereocenters. The van der Waals surface area contributed by atoms with Crippen LogP contribution in [0.1, 0.15) is 25.7 Å². The highest BCUT2D eigenvalue weighted by molar-refractivity contribution is 6.17. The molecule has 0 aromatic heterocycles. The van der Waals surface area contributed by atoms with Crippen molar-refractivity contribution >= 4 is 23.5 Å². The van der Waals surface area contributed by atoms with E-state index in [1.807, 2.05) is 0 Å². The van der Waals surface area contributed by atoms with E-state index in [9.17, 15) is 9.59 Å². The van der Waals surface area contributed by atoms with Crippen LogP contribution in [0.25, 0.3) is 0 Å². The van der Waals surface area contributed by atoms with E-state index in [2.05, 4.69) is 0 Å². The summed E-state index contributed by atoms with van der Waals surface area (Å²) in [6, 6.07) is 0. The third-order valence-electron chi connectivity index (χ3n) is 1.33. The van der Waals surface area contributed by atoms with Crippen molar-refractivity contribution in [3.8, 4) is 0 Å². The molecule has 0 spiro atoms. The number of alkyl halides is 1. The van der Waals surface area contributed by atoms with Crippen molar-refractivity contribution in [2.24, 2.45) is 0 Å². The maximum Gasteiger partial charge on any atom is 0.306 e. The van der Waals surface area contributed by atoms with Gasteiger partial charge in [-0.2, -0.15) is 0 Å². The normalized spacial score (nSPS) is 9.62. The monoisotopic (exact) mass is 208 g/mol. The minimum absolute atomic E-state index is 0.0593. The molecule has 4 nitrogen and oxygen atoms in total. The summed E-state index contributed by atoms with van der Waals surface area (Å²) in [4.78, 5) is 20.8. The van der Waals surface area contributed by atoms with Gasteiger partial charge in [-0.1, -0.05) is 0 Å². The zero-order chi connectivity index (χ0) is 10.1. The molecular formula is C8H13ClO4. The molecule has 76 valence electrons. The minimum atomic E-state index is -0.988. The fourth-order valence-corrected chi connectivity index (χ4v) is 0.853. The highest BCUT2D eigenvalue weighted by Gasteiger charge is 2.05. The van der Waals surface area contributed by atoms with Crippen LogP contribution in [-0.4, -0.2) is 29.5 Å². The van der Waals surface area contributed by atoms with Crippen LogP contribution in [0.5, 0.6) is 0 Å². The molecule has 0 rings (SSSR count). The standard InChI is InChI=1S/C8H13ClO4/c9-5-1-2-6-13-8(12)4-3-7(10)11/h1-6H2,(H,10,11). The van der Waals surface area contributed by atoms with Crippen LogP contribution in [-0.2, 0) is 14.3 Å². The van der Waals surface area contributed by atoms with Crippen LogP contribution < -0.4 is 0 Å². The van der Waals surface area contributed by atoms with E-state index >= 15 is 0 Å². The van der Waals surface area contributed by atoms with Crippen LogP contribution in [0.2, 0.25) is 0 Å². The first-order chi connectivity index (χ1) is 6.16. The highest BCUT2D eigenvalue weighted by atomic mass is 35.5. The molecule has 0 aliphatic carbocycles. The average Bonchev–Trinajstić information content (AvgIpc) is 2.09. The zero-order valence-electron chi connectivity index (χ0n) is 7.29. The molecule has 0 aromatic carbocycles. The van der Waals surface area contributed by atoms with Gasteiger partial charge in [-0.15, -0.1) is 11.6 Å². The molecule has 0 saturated heterocycles. The quantitative estimate of drug-likeness (QED) is 0.390. The lowest BCUT2D eigenvalue weighted by Crippen LogP contribution is -2.08. The second-order valence-corrected chi connectivity index (χ2v) is 2.89. The first-order valence-electron chi connectivity index (χ1n) is 4.10. The van der Waals surface area contributed by atoms with Crippen molar-refractivity contribution in [2.75, 3.05) is 12.5 Å². The molecule has 0 bridgehead atoms. The van der Waals surface area contributed by atoms with Crippen molar-refractivity contribution in [1.82, 2.24) is 0 Å². The van der Waals surface area contributed by atoms with E-state index in [1.165, 1.54) is 0 Å². The molecule has 0 amide bonds. The largest absolute Gasteiger partial charge is 0.481 e. The van der Waals surface area contributed by atoms with Crippen LogP contribution >= 0.6 is 11.6 Å². The van der Waals surface area contributed by atoms with Gasteiger partial charge >= 0.3 is 11.9 Å². The number of rotatable bonds is 7. The molecule has 0 aliphatic heterocycles. The highest BCUT2D eigenvalue weighted by Crippen LogP contribution is 1.96. The number of halogens is 1. The summed E-state index contributed by atoms with van der Waals surface area (Å²) >= 11 is 5.40. The predicted octanol–water partition coefficient (Wildman–Crippen LogP) is 1.41. The van der Waals surface area contributed by atoms with Crippen LogP contribution in [0.4, 0.5) is 0 Å². The number of hydrogen-bond donors (Lipinski definition) is 1. The third kappa shape index (κ3) is 9.14. The maximum atomic E-state index is 10.8. The molecule has 0 saturated carbocycles. The number of carbonyl (C=O) groups excluding carboxylic acids is 1. The van der Waals surface area contributed by atoms with Gasteiger partial charge in [0.15, 0.2) is 0 Å². The number of carbonyl (C=O) groups is 2. The smallest absolute Gasteiger partial charge is 0.306 e. The van der Waals surface area contributed by atoms with Crippen LogP contribution in [0, 0.1) is 0 Å². The molecule has 5 heteroatoms. The Morgan fingerprint density at radius 2 is 1.92 bits per heavy atom. The summed E-state index contributed by atoms with van der Waals surface area (Å²) in [7, 11) is 0. The number of unbranched alkanes of at least 4 members (excludes halogenated alkanes) is 1. The average molecular weight is 209 g/mol. The number of aliphatic carboxylic acids is 1. The number of carboxylic acids is 1. The van der Waals surface area contributed by atoms with Crippen molar-refractivity contribution in [3.05, 3.63) is 0 Å². The summed E-state index contributed by atoms with van der Waals surface area (Å²) < 4.78 is 4.73. The number of esters is 1. The van der Waals surface area contributed by atoms with Crippen LogP contribution in [0.3, 0.4) is 0 Å². The second kappa shape index (κ2) is 7.86. The van der Waals surface area contributed by atoms with Gasteiger partial charge in [0.2, 0.25) is 0 Å². The van der Waals surface area contributed by atoms with Gasteiger partial charge in [-0.05, 0) is 12.8 Å². The summed E-state index contributed by atoms with van der Waals surface area (Å²) in [5, 5.41) is 8.25. The summed E-state index contributed by atoms with van der Waals surface area (Å²) in [6.07, 6.45) is 1.29. The molecule has 0 aromatic rings. The summed E-state index contributed by atoms with van der Waals surface area (Å²) in [5.41, 5.74) is 0. The summed E-state index contributed by atoms with van der Waals surface area (Å²) in [5.74, 6) is -0.901. The van der Waals surface area contributed by atoms with E-state index in [-0.39, 0.29) is 12.8 Å². The van der Waals surface area contributed by atoms with Crippen LogP contribution in [0.15, 0.2) is 0 Å². The van der Waals surface area contributed by atoms with E-state index in [0.29, 0.717) is 12.5 Å². The van der Waals surface area contributed by atoms with Gasteiger partial charge in [0.1, 0.15) is 0 Å². The Bertz CT molecular complexity index is 170. The maximum absolute atomic E-state index is 10.8. The molecule has 0 atom stereocenters. The van der Waals surface area contributed by atoms with Crippen molar-refractivity contribution in [3.63, 3.8) is 0 Å². The molecule has 0 aliphatic rings. The molecule has 0 heterocycles. The Hall–Kier alpha value is -0.770. The Labute approximate surface area is 81.8 Å². The molecule has 1 N–H and O–H groups in total. The van der Waals surface area contributed by atoms with Gasteiger partial charge in [0, 0.05) is 5.88 Å². The molecule has 0 fully saturated rings. The number of hydrogen-bond acceptors (Lipinski definition) is 3. The predicted molar refractivity (Wildman–Crippen MR) is 47.8 cm³/mol. The fraction of sp³-hybridized carbons (Fsp3) is 0.750. The Kier molecular flexibility index (Phi) is 7.39. The van der Waals surface area contributed by atoms with Crippen molar-refractivity contribution < 1.29 is 19.4 Å². The SMILES string of the molecule is O=C(O)CCC(=O)OCCCCCl. The van der Waals surface area contributed by atoms with Gasteiger partial charge in [0.25, 0.3) is 0 Å². The van der Waals surface area contributed by atoms with Gasteiger partial charge < -0.3 is 9.84 Å². The van der Waals surface area contributed by atoms with E-state index in [1.54, 1.807) is 0 Å². The van der Waals surface area contributed by atoms with E-state index in [0.717, 1.165) is 12.8 Å². The van der Waals surface area contributed by atoms with Gasteiger partial charge in [-0.3, -0.25) is 9.59 Å². The fourth-order valence-electron chi connectivity index (χ4n) is 0.664. The number of carboxylic acid groups (broad SMARTS) is 1. The Balaban J connectivity index is 3.25. The lowest BCUT2D eigenvalue weighted by Gasteiger charge is -2.01. The Morgan fingerprint density at radius 3 is 2.46 bits per heavy atom. The minimum Gasteiger partial charge on any atom is -0.481 e. The second-order valence-electron chi connectivity index (χ2n) is 2.51. The summed E-state index contributed by atoms with van der Waals surface area (Å²) in [6.45, 7) is 0.325. The van der Waals surface area contributed by atoms with Gasteiger partial charge in [-0.25, -0.2) is 0 Å². The topological polar surface area (TPSA) is 63.6 Å². The molecule has 13 heavy (non-hydrogen) atoms. The first-order valence-corrected chi connectivity index (χ1v) is 4.63. The van der Waals surface area contributed by atoms with Crippen molar-refractivity contribution in [1.29, 1.82) is 0 Å². The lowest BCUT2D eigenvalue weighted by molar-refractivity contribution is -0.147. The van der Waals surface area contributed by atoms with E-state index in [4.69, 9.17) is 21.4 Å². The van der Waals surface area contributed by atoms with Crippen molar-refractivity contribution in [2.45, 2.75) is 25.7 Å². The van der Waals surface area contributed by atoms with Gasteiger partial charge in [0.05, 0.1) is 19.4 Å². The Morgan fingerprint density at radius 1 is 1.23 bits per heavy atom. The molecule has 0 radical (unpaired) electrons. The first kappa shape index (κ1) is 12.2. The zero-order valence-corrected chi connectivity index (χ0v) is 8.05. The van der Waals surface area contributed by atoms with E-state index < -0.39 is 11.9 Å². The number of ether oxygens (including phenoxy) is 1.